The van der Waals surface area contributed by atoms with Gasteiger partial charge in [-0.1, -0.05) is 18.0 Å². The zero-order valence-corrected chi connectivity index (χ0v) is 15.6. The smallest absolute Gasteiger partial charge is 0.258 e. The van der Waals surface area contributed by atoms with Crippen LogP contribution in [0.2, 0.25) is 0 Å². The van der Waals surface area contributed by atoms with E-state index in [1.54, 1.807) is 25.2 Å². The molecular weight excluding hydrogens is 360 g/mol. The second kappa shape index (κ2) is 8.37. The van der Waals surface area contributed by atoms with Gasteiger partial charge in [0, 0.05) is 12.6 Å². The average molecular weight is 383 g/mol. The summed E-state index contributed by atoms with van der Waals surface area (Å²) >= 11 is 0. The first-order chi connectivity index (χ1) is 12.1. The van der Waals surface area contributed by atoms with Crippen LogP contribution in [0, 0.1) is 0 Å². The second-order valence-corrected chi connectivity index (χ2v) is 6.11. The molecule has 1 aliphatic rings. The molecule has 9 heteroatoms. The number of rotatable bonds is 6. The zero-order valence-electron chi connectivity index (χ0n) is 14.8. The van der Waals surface area contributed by atoms with Gasteiger partial charge in [0.25, 0.3) is 11.8 Å². The van der Waals surface area contributed by atoms with Crippen molar-refractivity contribution in [3.05, 3.63) is 24.0 Å². The fourth-order valence-corrected chi connectivity index (χ4v) is 2.91. The Hall–Kier alpha value is -2.32. The number of aromatic nitrogens is 2. The summed E-state index contributed by atoms with van der Waals surface area (Å²) in [4.78, 5) is 15.8. The summed E-state index contributed by atoms with van der Waals surface area (Å²) in [5, 5.41) is 6.55. The lowest BCUT2D eigenvalue weighted by Gasteiger charge is -2.17. The van der Waals surface area contributed by atoms with E-state index in [0.29, 0.717) is 28.8 Å². The van der Waals surface area contributed by atoms with Gasteiger partial charge in [0.05, 0.1) is 12.6 Å². The zero-order chi connectivity index (χ0) is 17.9. The summed E-state index contributed by atoms with van der Waals surface area (Å²) in [5.74, 6) is 1.63. The van der Waals surface area contributed by atoms with Gasteiger partial charge in [-0.15, -0.1) is 12.4 Å². The van der Waals surface area contributed by atoms with Crippen molar-refractivity contribution >= 4 is 18.3 Å². The normalized spacial score (nSPS) is 15.2. The van der Waals surface area contributed by atoms with Crippen LogP contribution < -0.4 is 20.5 Å². The highest BCUT2D eigenvalue weighted by molar-refractivity contribution is 5.85. The van der Waals surface area contributed by atoms with Crippen LogP contribution in [0.4, 0.5) is 0 Å². The molecule has 0 saturated heterocycles. The van der Waals surface area contributed by atoms with E-state index in [0.717, 1.165) is 25.7 Å². The standard InChI is InChI=1S/C17H22N4O4.ClH/c1-19-14(22)10-24-12-6-5-11(9-13(12)23-2)15-20-16(21-25-15)17(18)7-3-4-8-17;/h5-6,9H,3-4,7-8,10,18H2,1-2H3,(H,19,22);1H. The number of benzene rings is 1. The van der Waals surface area contributed by atoms with Gasteiger partial charge in [-0.3, -0.25) is 4.79 Å². The lowest BCUT2D eigenvalue weighted by Crippen LogP contribution is -2.34. The van der Waals surface area contributed by atoms with Gasteiger partial charge in [0.2, 0.25) is 0 Å². The van der Waals surface area contributed by atoms with Crippen LogP contribution in [0.15, 0.2) is 22.7 Å². The Morgan fingerprint density at radius 2 is 2.08 bits per heavy atom. The summed E-state index contributed by atoms with van der Waals surface area (Å²) in [6.45, 7) is -0.0907. The van der Waals surface area contributed by atoms with Crippen LogP contribution in [-0.2, 0) is 10.3 Å². The Labute approximate surface area is 157 Å². The van der Waals surface area contributed by atoms with E-state index in [-0.39, 0.29) is 24.9 Å². The van der Waals surface area contributed by atoms with Crippen molar-refractivity contribution in [3.63, 3.8) is 0 Å². The number of ether oxygens (including phenoxy) is 2. The molecule has 1 aromatic heterocycles. The Bertz CT molecular complexity index is 759. The average Bonchev–Trinajstić information content (AvgIpc) is 3.29. The van der Waals surface area contributed by atoms with Crippen LogP contribution >= 0.6 is 12.4 Å². The van der Waals surface area contributed by atoms with Gasteiger partial charge < -0.3 is 25.0 Å². The minimum atomic E-state index is -0.498. The summed E-state index contributed by atoms with van der Waals surface area (Å²) in [6.07, 6.45) is 3.88. The monoisotopic (exact) mass is 382 g/mol. The quantitative estimate of drug-likeness (QED) is 0.785. The molecular formula is C17H23ClN4O4. The number of nitrogens with zero attached hydrogens (tertiary/aromatic N) is 2. The molecule has 0 aliphatic heterocycles. The Kier molecular flexibility index (Phi) is 6.44. The Balaban J connectivity index is 0.00000243. The molecule has 3 rings (SSSR count). The predicted molar refractivity (Wildman–Crippen MR) is 97.4 cm³/mol. The highest BCUT2D eigenvalue weighted by Crippen LogP contribution is 2.36. The van der Waals surface area contributed by atoms with Crippen molar-refractivity contribution in [1.82, 2.24) is 15.5 Å². The van der Waals surface area contributed by atoms with E-state index >= 15 is 0 Å². The molecule has 3 N–H and O–H groups in total. The highest BCUT2D eigenvalue weighted by Gasteiger charge is 2.36. The molecule has 26 heavy (non-hydrogen) atoms. The third kappa shape index (κ3) is 4.08. The minimum absolute atomic E-state index is 0. The van der Waals surface area contributed by atoms with Crippen molar-refractivity contribution in [2.24, 2.45) is 5.73 Å². The van der Waals surface area contributed by atoms with E-state index in [1.165, 1.54) is 7.11 Å². The summed E-state index contributed by atoms with van der Waals surface area (Å²) in [7, 11) is 3.08. The molecule has 0 bridgehead atoms. The first kappa shape index (κ1) is 20.0. The van der Waals surface area contributed by atoms with Gasteiger partial charge in [0.15, 0.2) is 23.9 Å². The molecule has 0 atom stereocenters. The lowest BCUT2D eigenvalue weighted by atomic mass is 9.99. The Morgan fingerprint density at radius 3 is 2.73 bits per heavy atom. The fraction of sp³-hybridized carbons (Fsp3) is 0.471. The SMILES string of the molecule is CNC(=O)COc1ccc(-c2nc(C3(N)CCCC3)no2)cc1OC.Cl. The molecule has 2 aromatic rings. The molecule has 8 nitrogen and oxygen atoms in total. The van der Waals surface area contributed by atoms with E-state index in [4.69, 9.17) is 19.7 Å². The van der Waals surface area contributed by atoms with Gasteiger partial charge in [0.1, 0.15) is 0 Å². The molecule has 1 saturated carbocycles. The number of hydrogen-bond donors (Lipinski definition) is 2. The van der Waals surface area contributed by atoms with Crippen LogP contribution in [0.25, 0.3) is 11.5 Å². The number of carbonyl (C=O) groups excluding carboxylic acids is 1. The molecule has 1 amide bonds. The summed E-state index contributed by atoms with van der Waals surface area (Å²) in [5.41, 5.74) is 6.57. The number of carbonyl (C=O) groups is 1. The molecule has 0 radical (unpaired) electrons. The second-order valence-electron chi connectivity index (χ2n) is 6.11. The van der Waals surface area contributed by atoms with Crippen molar-refractivity contribution < 1.29 is 18.8 Å². The maximum Gasteiger partial charge on any atom is 0.258 e. The van der Waals surface area contributed by atoms with Crippen molar-refractivity contribution in [1.29, 1.82) is 0 Å². The van der Waals surface area contributed by atoms with E-state index in [2.05, 4.69) is 15.5 Å². The molecule has 1 heterocycles. The summed E-state index contributed by atoms with van der Waals surface area (Å²) < 4.78 is 16.2. The van der Waals surface area contributed by atoms with E-state index in [9.17, 15) is 4.79 Å². The molecule has 0 unspecified atom stereocenters. The molecule has 0 spiro atoms. The van der Waals surface area contributed by atoms with Crippen LogP contribution in [0.5, 0.6) is 11.5 Å². The number of halogens is 1. The number of nitrogens with two attached hydrogens (primary N) is 1. The topological polar surface area (TPSA) is 112 Å². The van der Waals surface area contributed by atoms with Crippen LogP contribution in [0.1, 0.15) is 31.5 Å². The fourth-order valence-electron chi connectivity index (χ4n) is 2.91. The highest BCUT2D eigenvalue weighted by atomic mass is 35.5. The molecule has 1 aromatic carbocycles. The van der Waals surface area contributed by atoms with Crippen molar-refractivity contribution in [2.75, 3.05) is 20.8 Å². The third-order valence-corrected chi connectivity index (χ3v) is 4.42. The lowest BCUT2D eigenvalue weighted by molar-refractivity contribution is -0.122. The van der Waals surface area contributed by atoms with Crippen molar-refractivity contribution in [3.8, 4) is 23.0 Å². The van der Waals surface area contributed by atoms with Gasteiger partial charge >= 0.3 is 0 Å². The maximum absolute atomic E-state index is 11.3. The number of likely N-dealkylation sites (N-methyl/N-ethyl adjacent to an activating group) is 1. The number of nitrogens with one attached hydrogen (secondary N) is 1. The van der Waals surface area contributed by atoms with Crippen LogP contribution in [-0.4, -0.2) is 36.8 Å². The van der Waals surface area contributed by atoms with E-state index < -0.39 is 5.54 Å². The summed E-state index contributed by atoms with van der Waals surface area (Å²) in [6, 6.07) is 5.21. The minimum Gasteiger partial charge on any atom is -0.493 e. The van der Waals surface area contributed by atoms with E-state index in [1.807, 2.05) is 0 Å². The molecule has 1 fully saturated rings. The Morgan fingerprint density at radius 1 is 1.35 bits per heavy atom. The first-order valence-electron chi connectivity index (χ1n) is 8.20. The number of amides is 1. The molecule has 142 valence electrons. The van der Waals surface area contributed by atoms with Gasteiger partial charge in [-0.05, 0) is 31.0 Å². The van der Waals surface area contributed by atoms with Crippen LogP contribution in [0.3, 0.4) is 0 Å². The van der Waals surface area contributed by atoms with Gasteiger partial charge in [-0.2, -0.15) is 4.98 Å². The van der Waals surface area contributed by atoms with Crippen molar-refractivity contribution in [2.45, 2.75) is 31.2 Å². The third-order valence-electron chi connectivity index (χ3n) is 4.42. The maximum atomic E-state index is 11.3. The predicted octanol–water partition coefficient (Wildman–Crippen LogP) is 2.02. The van der Waals surface area contributed by atoms with Gasteiger partial charge in [-0.25, -0.2) is 0 Å². The number of hydrogen-bond acceptors (Lipinski definition) is 7. The first-order valence-corrected chi connectivity index (χ1v) is 8.20. The largest absolute Gasteiger partial charge is 0.493 e. The number of methoxy groups -OCH3 is 1. The molecule has 1 aliphatic carbocycles.